The Kier molecular flexibility index (Phi) is 3.52. The van der Waals surface area contributed by atoms with Crippen LogP contribution in [0.4, 0.5) is 0 Å². The number of hydrogen-bond acceptors (Lipinski definition) is 1. The molecule has 0 saturated carbocycles. The van der Waals surface area contributed by atoms with Crippen molar-refractivity contribution in [2.24, 2.45) is 0 Å². The van der Waals surface area contributed by atoms with Crippen LogP contribution in [0.25, 0.3) is 0 Å². The van der Waals surface area contributed by atoms with Crippen LogP contribution in [-0.2, 0) is 10.8 Å². The van der Waals surface area contributed by atoms with Gasteiger partial charge in [0.25, 0.3) is 0 Å². The van der Waals surface area contributed by atoms with Gasteiger partial charge in [-0.3, -0.25) is 0 Å². The van der Waals surface area contributed by atoms with Crippen molar-refractivity contribution in [3.8, 4) is 5.75 Å². The Morgan fingerprint density at radius 3 is 2.33 bits per heavy atom. The summed E-state index contributed by atoms with van der Waals surface area (Å²) in [4.78, 5) is 0. The van der Waals surface area contributed by atoms with Crippen LogP contribution in [0.15, 0.2) is 16.6 Å². The minimum atomic E-state index is 0.204. The van der Waals surface area contributed by atoms with E-state index in [-0.39, 0.29) is 10.8 Å². The van der Waals surface area contributed by atoms with Gasteiger partial charge in [0, 0.05) is 10.0 Å². The van der Waals surface area contributed by atoms with Crippen LogP contribution >= 0.6 is 15.9 Å². The van der Waals surface area contributed by atoms with Crippen molar-refractivity contribution in [2.45, 2.75) is 58.3 Å². The largest absolute Gasteiger partial charge is 0.494 e. The summed E-state index contributed by atoms with van der Waals surface area (Å²) in [6, 6.07) is 4.39. The monoisotopic (exact) mass is 310 g/mol. The van der Waals surface area contributed by atoms with Crippen molar-refractivity contribution in [1.82, 2.24) is 0 Å². The third-order valence-corrected chi connectivity index (χ3v) is 4.61. The van der Waals surface area contributed by atoms with Crippen molar-refractivity contribution in [3.05, 3.63) is 27.7 Å². The van der Waals surface area contributed by atoms with Gasteiger partial charge in [0.05, 0.1) is 6.61 Å². The van der Waals surface area contributed by atoms with E-state index in [1.807, 2.05) is 6.92 Å². The number of benzene rings is 1. The van der Waals surface area contributed by atoms with Crippen LogP contribution in [0.5, 0.6) is 5.75 Å². The molecule has 0 saturated heterocycles. The first-order valence-corrected chi connectivity index (χ1v) is 7.54. The molecule has 2 heteroatoms. The highest BCUT2D eigenvalue weighted by atomic mass is 79.9. The Morgan fingerprint density at radius 1 is 1.11 bits per heavy atom. The van der Waals surface area contributed by atoms with Gasteiger partial charge in [0.1, 0.15) is 5.75 Å². The van der Waals surface area contributed by atoms with Gasteiger partial charge in [0.15, 0.2) is 0 Å². The Morgan fingerprint density at radius 2 is 1.72 bits per heavy atom. The summed E-state index contributed by atoms with van der Waals surface area (Å²) in [5.74, 6) is 1.06. The van der Waals surface area contributed by atoms with E-state index >= 15 is 0 Å². The third-order valence-electron chi connectivity index (χ3n) is 4.15. The zero-order valence-corrected chi connectivity index (χ0v) is 13.6. The molecule has 1 aliphatic rings. The molecule has 0 N–H and O–H groups in total. The maximum Gasteiger partial charge on any atom is 0.124 e. The molecule has 0 fully saturated rings. The number of hydrogen-bond donors (Lipinski definition) is 0. The van der Waals surface area contributed by atoms with Crippen molar-refractivity contribution in [3.63, 3.8) is 0 Å². The van der Waals surface area contributed by atoms with Crippen LogP contribution in [0.2, 0.25) is 0 Å². The van der Waals surface area contributed by atoms with E-state index in [2.05, 4.69) is 55.8 Å². The van der Waals surface area contributed by atoms with E-state index in [4.69, 9.17) is 4.74 Å². The van der Waals surface area contributed by atoms with Crippen LogP contribution in [0, 0.1) is 0 Å². The second-order valence-corrected chi connectivity index (χ2v) is 7.44. The van der Waals surface area contributed by atoms with Gasteiger partial charge >= 0.3 is 0 Å². The summed E-state index contributed by atoms with van der Waals surface area (Å²) in [5, 5.41) is 0. The Balaban J connectivity index is 2.69. The highest BCUT2D eigenvalue weighted by Crippen LogP contribution is 2.50. The summed E-state index contributed by atoms with van der Waals surface area (Å²) in [6.45, 7) is 12.1. The average molecular weight is 311 g/mol. The number of fused-ring (bicyclic) bond motifs is 1. The molecule has 18 heavy (non-hydrogen) atoms. The zero-order valence-electron chi connectivity index (χ0n) is 12.1. The standard InChI is InChI=1S/C16H23BrO/c1-6-18-13-10-11(17)9-12-14(13)16(4,5)8-7-15(12,2)3/h9-10H,6-8H2,1-5H3. The van der Waals surface area contributed by atoms with Crippen molar-refractivity contribution in [1.29, 1.82) is 0 Å². The minimum absolute atomic E-state index is 0.204. The summed E-state index contributed by atoms with van der Waals surface area (Å²) in [6.07, 6.45) is 2.45. The Bertz CT molecular complexity index is 460. The first-order valence-electron chi connectivity index (χ1n) is 6.75. The quantitative estimate of drug-likeness (QED) is 0.729. The maximum atomic E-state index is 5.88. The van der Waals surface area contributed by atoms with Gasteiger partial charge in [-0.1, -0.05) is 43.6 Å². The minimum Gasteiger partial charge on any atom is -0.494 e. The summed E-state index contributed by atoms with van der Waals surface area (Å²) in [5.41, 5.74) is 3.29. The van der Waals surface area contributed by atoms with E-state index in [0.29, 0.717) is 0 Å². The highest BCUT2D eigenvalue weighted by Gasteiger charge is 2.39. The molecule has 0 amide bonds. The van der Waals surface area contributed by atoms with Crippen molar-refractivity contribution >= 4 is 15.9 Å². The fraction of sp³-hybridized carbons (Fsp3) is 0.625. The molecule has 1 aliphatic carbocycles. The van der Waals surface area contributed by atoms with E-state index in [1.165, 1.54) is 24.0 Å². The van der Waals surface area contributed by atoms with Crippen LogP contribution in [0.3, 0.4) is 0 Å². The predicted octanol–water partition coefficient (Wildman–Crippen LogP) is 5.20. The molecule has 0 atom stereocenters. The molecule has 0 aliphatic heterocycles. The molecular formula is C16H23BrO. The molecule has 1 aromatic rings. The molecule has 0 unspecified atom stereocenters. The smallest absolute Gasteiger partial charge is 0.124 e. The number of ether oxygens (including phenoxy) is 1. The van der Waals surface area contributed by atoms with Gasteiger partial charge in [0.2, 0.25) is 0 Å². The summed E-state index contributed by atoms with van der Waals surface area (Å²) < 4.78 is 7.00. The van der Waals surface area contributed by atoms with Crippen LogP contribution < -0.4 is 4.74 Å². The molecule has 2 rings (SSSR count). The zero-order chi connectivity index (χ0) is 13.6. The summed E-state index contributed by atoms with van der Waals surface area (Å²) >= 11 is 3.62. The molecule has 0 heterocycles. The van der Waals surface area contributed by atoms with Crippen LogP contribution in [-0.4, -0.2) is 6.61 Å². The van der Waals surface area contributed by atoms with Gasteiger partial charge in [-0.25, -0.2) is 0 Å². The second-order valence-electron chi connectivity index (χ2n) is 6.53. The fourth-order valence-electron chi connectivity index (χ4n) is 2.97. The van der Waals surface area contributed by atoms with Gasteiger partial charge in [-0.2, -0.15) is 0 Å². The van der Waals surface area contributed by atoms with E-state index in [9.17, 15) is 0 Å². The van der Waals surface area contributed by atoms with Gasteiger partial charge in [-0.15, -0.1) is 0 Å². The molecule has 0 bridgehead atoms. The number of halogens is 1. The average Bonchev–Trinajstić information content (AvgIpc) is 2.24. The predicted molar refractivity (Wildman–Crippen MR) is 80.6 cm³/mol. The first-order chi connectivity index (χ1) is 8.28. The molecular weight excluding hydrogens is 288 g/mol. The third kappa shape index (κ3) is 2.32. The second kappa shape index (κ2) is 4.56. The molecule has 1 aromatic carbocycles. The Hall–Kier alpha value is -0.500. The van der Waals surface area contributed by atoms with E-state index in [0.717, 1.165) is 16.8 Å². The topological polar surface area (TPSA) is 9.23 Å². The van der Waals surface area contributed by atoms with Gasteiger partial charge < -0.3 is 4.74 Å². The Labute approximate surface area is 119 Å². The first kappa shape index (κ1) is 13.9. The molecule has 0 spiro atoms. The van der Waals surface area contributed by atoms with Crippen molar-refractivity contribution < 1.29 is 4.74 Å². The summed E-state index contributed by atoms with van der Waals surface area (Å²) in [7, 11) is 0. The van der Waals surface area contributed by atoms with Crippen LogP contribution in [0.1, 0.15) is 58.6 Å². The normalized spacial score (nSPS) is 20.3. The van der Waals surface area contributed by atoms with Crippen molar-refractivity contribution in [2.75, 3.05) is 6.61 Å². The van der Waals surface area contributed by atoms with E-state index in [1.54, 1.807) is 0 Å². The highest BCUT2D eigenvalue weighted by molar-refractivity contribution is 9.10. The number of rotatable bonds is 2. The fourth-order valence-corrected chi connectivity index (χ4v) is 3.40. The SMILES string of the molecule is CCOc1cc(Br)cc2c1C(C)(C)CCC2(C)C. The molecule has 1 nitrogen and oxygen atoms in total. The lowest BCUT2D eigenvalue weighted by molar-refractivity contribution is 0.292. The lowest BCUT2D eigenvalue weighted by Gasteiger charge is -2.42. The molecule has 100 valence electrons. The maximum absolute atomic E-state index is 5.88. The van der Waals surface area contributed by atoms with Gasteiger partial charge in [-0.05, 0) is 48.3 Å². The van der Waals surface area contributed by atoms with E-state index < -0.39 is 0 Å². The lowest BCUT2D eigenvalue weighted by Crippen LogP contribution is -2.34. The molecule has 0 radical (unpaired) electrons. The molecule has 0 aromatic heterocycles. The lowest BCUT2D eigenvalue weighted by atomic mass is 9.63.